The molecule has 0 saturated heterocycles. The highest BCUT2D eigenvalue weighted by atomic mass is 16.5. The first kappa shape index (κ1) is 17.5. The van der Waals surface area contributed by atoms with Crippen LogP contribution in [-0.4, -0.2) is 15.9 Å². The minimum Gasteiger partial charge on any atom is -0.489 e. The Morgan fingerprint density at radius 1 is 1.04 bits per heavy atom. The minimum absolute atomic E-state index is 0.0379. The zero-order chi connectivity index (χ0) is 19.3. The molecule has 0 aliphatic carbocycles. The third-order valence-electron chi connectivity index (χ3n) is 4.13. The number of amides is 1. The molecule has 6 heteroatoms. The number of rotatable bonds is 6. The molecule has 0 fully saturated rings. The van der Waals surface area contributed by atoms with E-state index in [-0.39, 0.29) is 5.82 Å². The SMILES string of the molecule is NC(=O)c1nc(Nc2ccc(OCc3ccccc3)cc2)c2c[c]ccc2n1. The van der Waals surface area contributed by atoms with Crippen LogP contribution in [0.4, 0.5) is 11.5 Å². The van der Waals surface area contributed by atoms with E-state index in [1.807, 2.05) is 54.6 Å². The fourth-order valence-electron chi connectivity index (χ4n) is 2.73. The van der Waals surface area contributed by atoms with Gasteiger partial charge >= 0.3 is 0 Å². The lowest BCUT2D eigenvalue weighted by Crippen LogP contribution is -2.16. The highest BCUT2D eigenvalue weighted by Gasteiger charge is 2.11. The van der Waals surface area contributed by atoms with Gasteiger partial charge in [-0.3, -0.25) is 4.79 Å². The Balaban J connectivity index is 1.53. The van der Waals surface area contributed by atoms with Crippen molar-refractivity contribution in [1.82, 2.24) is 9.97 Å². The van der Waals surface area contributed by atoms with Gasteiger partial charge in [0.15, 0.2) is 0 Å². The normalized spacial score (nSPS) is 10.6. The number of ether oxygens (including phenoxy) is 1. The summed E-state index contributed by atoms with van der Waals surface area (Å²) >= 11 is 0. The number of primary amides is 1. The number of anilines is 2. The summed E-state index contributed by atoms with van der Waals surface area (Å²) < 4.78 is 5.80. The molecule has 0 unspecified atom stereocenters. The van der Waals surface area contributed by atoms with Gasteiger partial charge in [0.2, 0.25) is 5.82 Å². The van der Waals surface area contributed by atoms with Crippen molar-refractivity contribution in [1.29, 1.82) is 0 Å². The molecular weight excluding hydrogens is 352 g/mol. The van der Waals surface area contributed by atoms with Crippen LogP contribution >= 0.6 is 0 Å². The number of nitrogens with zero attached hydrogens (tertiary/aromatic N) is 2. The van der Waals surface area contributed by atoms with Crippen LogP contribution in [0.5, 0.6) is 5.75 Å². The summed E-state index contributed by atoms with van der Waals surface area (Å²) in [7, 11) is 0. The molecule has 0 aliphatic rings. The van der Waals surface area contributed by atoms with E-state index >= 15 is 0 Å². The molecule has 1 amide bonds. The third kappa shape index (κ3) is 3.91. The van der Waals surface area contributed by atoms with Crippen molar-refractivity contribution in [3.8, 4) is 5.75 Å². The fraction of sp³-hybridized carbons (Fsp3) is 0.0455. The summed E-state index contributed by atoms with van der Waals surface area (Å²) in [5.74, 6) is 0.535. The van der Waals surface area contributed by atoms with Crippen LogP contribution in [0.2, 0.25) is 0 Å². The lowest BCUT2D eigenvalue weighted by atomic mass is 10.2. The van der Waals surface area contributed by atoms with E-state index in [1.54, 1.807) is 18.2 Å². The molecular formula is C22H17N4O2. The van der Waals surface area contributed by atoms with E-state index in [1.165, 1.54) is 0 Å². The van der Waals surface area contributed by atoms with Gasteiger partial charge in [0.25, 0.3) is 5.91 Å². The second-order valence-corrected chi connectivity index (χ2v) is 6.13. The number of hydrogen-bond donors (Lipinski definition) is 2. The van der Waals surface area contributed by atoms with Crippen molar-refractivity contribution in [3.05, 3.63) is 90.3 Å². The molecule has 4 rings (SSSR count). The zero-order valence-electron chi connectivity index (χ0n) is 14.9. The summed E-state index contributed by atoms with van der Waals surface area (Å²) in [5, 5.41) is 3.96. The Kier molecular flexibility index (Phi) is 4.84. The number of aromatic nitrogens is 2. The second-order valence-electron chi connectivity index (χ2n) is 6.13. The van der Waals surface area contributed by atoms with E-state index in [0.29, 0.717) is 17.9 Å². The topological polar surface area (TPSA) is 90.1 Å². The molecule has 6 nitrogen and oxygen atoms in total. The number of benzene rings is 3. The number of nitrogens with one attached hydrogen (secondary N) is 1. The summed E-state index contributed by atoms with van der Waals surface area (Å²) in [6.45, 7) is 0.502. The fourth-order valence-corrected chi connectivity index (χ4v) is 2.73. The van der Waals surface area contributed by atoms with Crippen LogP contribution in [0, 0.1) is 6.07 Å². The van der Waals surface area contributed by atoms with Crippen LogP contribution in [0.3, 0.4) is 0 Å². The number of fused-ring (bicyclic) bond motifs is 1. The first-order chi connectivity index (χ1) is 13.7. The highest BCUT2D eigenvalue weighted by molar-refractivity contribution is 5.96. The number of hydrogen-bond acceptors (Lipinski definition) is 5. The lowest BCUT2D eigenvalue weighted by Gasteiger charge is -2.11. The van der Waals surface area contributed by atoms with Crippen LogP contribution in [0.1, 0.15) is 16.2 Å². The van der Waals surface area contributed by atoms with Crippen molar-refractivity contribution in [3.63, 3.8) is 0 Å². The van der Waals surface area contributed by atoms with Gasteiger partial charge in [0.1, 0.15) is 18.2 Å². The molecule has 4 aromatic rings. The van der Waals surface area contributed by atoms with E-state index in [2.05, 4.69) is 21.4 Å². The largest absolute Gasteiger partial charge is 0.489 e. The predicted molar refractivity (Wildman–Crippen MR) is 107 cm³/mol. The molecule has 0 bridgehead atoms. The van der Waals surface area contributed by atoms with Gasteiger partial charge in [-0.1, -0.05) is 36.4 Å². The number of carbonyl (C=O) groups is 1. The zero-order valence-corrected chi connectivity index (χ0v) is 14.9. The Morgan fingerprint density at radius 3 is 2.57 bits per heavy atom. The Hall–Kier alpha value is -3.93. The van der Waals surface area contributed by atoms with E-state index in [9.17, 15) is 4.79 Å². The summed E-state index contributed by atoms with van der Waals surface area (Å²) in [5.41, 5.74) is 7.87. The molecule has 28 heavy (non-hydrogen) atoms. The molecule has 3 aromatic carbocycles. The Labute approximate surface area is 162 Å². The smallest absolute Gasteiger partial charge is 0.286 e. The maximum Gasteiger partial charge on any atom is 0.286 e. The molecule has 1 heterocycles. The van der Waals surface area contributed by atoms with Gasteiger partial charge in [0, 0.05) is 11.1 Å². The van der Waals surface area contributed by atoms with Gasteiger partial charge < -0.3 is 15.8 Å². The molecule has 3 N–H and O–H groups in total. The van der Waals surface area contributed by atoms with Gasteiger partial charge in [-0.05, 0) is 48.0 Å². The van der Waals surface area contributed by atoms with Gasteiger partial charge in [-0.25, -0.2) is 9.97 Å². The van der Waals surface area contributed by atoms with Crippen molar-refractivity contribution < 1.29 is 9.53 Å². The number of nitrogens with two attached hydrogens (primary N) is 1. The molecule has 0 aliphatic heterocycles. The van der Waals surface area contributed by atoms with Crippen LogP contribution in [-0.2, 0) is 6.61 Å². The van der Waals surface area contributed by atoms with Crippen LogP contribution < -0.4 is 15.8 Å². The Morgan fingerprint density at radius 2 is 1.82 bits per heavy atom. The maximum atomic E-state index is 11.5. The highest BCUT2D eigenvalue weighted by Crippen LogP contribution is 2.25. The third-order valence-corrected chi connectivity index (χ3v) is 4.13. The maximum absolute atomic E-state index is 11.5. The molecule has 1 aromatic heterocycles. The van der Waals surface area contributed by atoms with Gasteiger partial charge in [0.05, 0.1) is 5.52 Å². The quantitative estimate of drug-likeness (QED) is 0.539. The first-order valence-corrected chi connectivity index (χ1v) is 8.70. The lowest BCUT2D eigenvalue weighted by molar-refractivity contribution is 0.0991. The van der Waals surface area contributed by atoms with Crippen molar-refractivity contribution in [2.75, 3.05) is 5.32 Å². The van der Waals surface area contributed by atoms with Gasteiger partial charge in [-0.15, -0.1) is 0 Å². The monoisotopic (exact) mass is 369 g/mol. The molecule has 0 saturated carbocycles. The van der Waals surface area contributed by atoms with E-state index in [4.69, 9.17) is 10.5 Å². The van der Waals surface area contributed by atoms with Gasteiger partial charge in [-0.2, -0.15) is 0 Å². The Bertz CT molecular complexity index is 1110. The average molecular weight is 369 g/mol. The van der Waals surface area contributed by atoms with E-state index in [0.717, 1.165) is 22.4 Å². The van der Waals surface area contributed by atoms with E-state index < -0.39 is 5.91 Å². The minimum atomic E-state index is -0.678. The summed E-state index contributed by atoms with van der Waals surface area (Å²) in [6.07, 6.45) is 0. The van der Waals surface area contributed by atoms with Crippen LogP contribution in [0.25, 0.3) is 10.9 Å². The standard InChI is InChI=1S/C22H17N4O2/c23-20(27)22-25-19-9-5-4-8-18(19)21(26-22)24-16-10-12-17(13-11-16)28-14-15-6-2-1-3-7-15/h1-3,5-13H,14H2,(H2,23,27)(H,24,25,26). The summed E-state index contributed by atoms with van der Waals surface area (Å²) in [4.78, 5) is 20.0. The summed E-state index contributed by atoms with van der Waals surface area (Å²) in [6, 6.07) is 25.7. The van der Waals surface area contributed by atoms with Crippen molar-refractivity contribution in [2.45, 2.75) is 6.61 Å². The first-order valence-electron chi connectivity index (χ1n) is 8.70. The number of carbonyl (C=O) groups excluding carboxylic acids is 1. The second kappa shape index (κ2) is 7.75. The van der Waals surface area contributed by atoms with Crippen LogP contribution in [0.15, 0.2) is 72.8 Å². The van der Waals surface area contributed by atoms with Crippen molar-refractivity contribution >= 4 is 28.3 Å². The molecule has 137 valence electrons. The average Bonchev–Trinajstić information content (AvgIpc) is 2.74. The molecule has 1 radical (unpaired) electrons. The molecule has 0 spiro atoms. The van der Waals surface area contributed by atoms with Crippen molar-refractivity contribution in [2.24, 2.45) is 5.73 Å². The molecule has 0 atom stereocenters. The predicted octanol–water partition coefficient (Wildman–Crippen LogP) is 3.85.